The number of methoxy groups -OCH3 is 1. The first-order valence-electron chi connectivity index (χ1n) is 8.62. The number of carbonyl (C=O) groups is 1. The molecule has 134 valence electrons. The molecule has 1 N–H and O–H groups in total. The number of aromatic nitrogens is 1. The summed E-state index contributed by atoms with van der Waals surface area (Å²) < 4.78 is 7.64. The predicted octanol–water partition coefficient (Wildman–Crippen LogP) is 4.85. The SMILES string of the molecule is CCC[C@H]1c2ccc(C)n2CCN1C(=O)Nc1cc(Cl)ccc1OC. The van der Waals surface area contributed by atoms with Gasteiger partial charge in [0.05, 0.1) is 18.8 Å². The third-order valence-corrected chi connectivity index (χ3v) is 4.98. The molecule has 2 aromatic rings. The van der Waals surface area contributed by atoms with E-state index in [1.807, 2.05) is 4.90 Å². The van der Waals surface area contributed by atoms with E-state index < -0.39 is 0 Å². The molecule has 0 saturated heterocycles. The highest BCUT2D eigenvalue weighted by atomic mass is 35.5. The number of ether oxygens (including phenoxy) is 1. The number of halogens is 1. The summed E-state index contributed by atoms with van der Waals surface area (Å²) in [5, 5.41) is 3.53. The molecule has 0 bridgehead atoms. The summed E-state index contributed by atoms with van der Waals surface area (Å²) in [5.41, 5.74) is 3.04. The molecule has 3 rings (SSSR count). The van der Waals surface area contributed by atoms with Crippen LogP contribution >= 0.6 is 11.6 Å². The lowest BCUT2D eigenvalue weighted by Gasteiger charge is -2.37. The van der Waals surface area contributed by atoms with E-state index in [1.54, 1.807) is 25.3 Å². The van der Waals surface area contributed by atoms with Crippen LogP contribution in [-0.4, -0.2) is 29.2 Å². The maximum atomic E-state index is 13.0. The van der Waals surface area contributed by atoms with E-state index in [1.165, 1.54) is 11.4 Å². The third-order valence-electron chi connectivity index (χ3n) is 4.74. The van der Waals surface area contributed by atoms with Crippen LogP contribution in [0.25, 0.3) is 0 Å². The minimum Gasteiger partial charge on any atom is -0.495 e. The molecule has 25 heavy (non-hydrogen) atoms. The van der Waals surface area contributed by atoms with Crippen molar-refractivity contribution in [2.45, 2.75) is 39.3 Å². The number of anilines is 1. The van der Waals surface area contributed by atoms with Crippen molar-refractivity contribution in [3.05, 3.63) is 46.7 Å². The van der Waals surface area contributed by atoms with Gasteiger partial charge in [-0.2, -0.15) is 0 Å². The van der Waals surface area contributed by atoms with E-state index in [9.17, 15) is 4.79 Å². The first kappa shape index (κ1) is 17.7. The van der Waals surface area contributed by atoms with E-state index in [4.69, 9.17) is 16.3 Å². The fourth-order valence-electron chi connectivity index (χ4n) is 3.49. The molecule has 0 radical (unpaired) electrons. The summed E-state index contributed by atoms with van der Waals surface area (Å²) in [5.74, 6) is 0.598. The van der Waals surface area contributed by atoms with Crippen molar-refractivity contribution in [2.75, 3.05) is 19.0 Å². The summed E-state index contributed by atoms with van der Waals surface area (Å²) in [6, 6.07) is 9.43. The molecule has 2 amide bonds. The highest BCUT2D eigenvalue weighted by Crippen LogP contribution is 2.33. The van der Waals surface area contributed by atoms with Crippen molar-refractivity contribution in [1.82, 2.24) is 9.47 Å². The molecule has 0 fully saturated rings. The Hall–Kier alpha value is -2.14. The fraction of sp³-hybridized carbons (Fsp3) is 0.421. The molecule has 0 spiro atoms. The minimum absolute atomic E-state index is 0.0811. The third kappa shape index (κ3) is 3.47. The number of amides is 2. The van der Waals surface area contributed by atoms with Crippen LogP contribution < -0.4 is 10.1 Å². The zero-order valence-corrected chi connectivity index (χ0v) is 15.6. The Morgan fingerprint density at radius 1 is 1.32 bits per heavy atom. The first-order valence-corrected chi connectivity index (χ1v) is 9.00. The van der Waals surface area contributed by atoms with Gasteiger partial charge in [0.25, 0.3) is 0 Å². The lowest BCUT2D eigenvalue weighted by molar-refractivity contribution is 0.162. The lowest BCUT2D eigenvalue weighted by atomic mass is 10.0. The second kappa shape index (κ2) is 7.40. The minimum atomic E-state index is -0.121. The number of nitrogens with one attached hydrogen (secondary N) is 1. The maximum Gasteiger partial charge on any atom is 0.322 e. The van der Waals surface area contributed by atoms with Gasteiger partial charge in [0.15, 0.2) is 0 Å². The Morgan fingerprint density at radius 3 is 2.84 bits per heavy atom. The summed E-state index contributed by atoms with van der Waals surface area (Å²) in [6.07, 6.45) is 1.95. The van der Waals surface area contributed by atoms with E-state index >= 15 is 0 Å². The van der Waals surface area contributed by atoms with Gasteiger partial charge < -0.3 is 19.5 Å². The Balaban J connectivity index is 1.85. The van der Waals surface area contributed by atoms with Gasteiger partial charge in [-0.15, -0.1) is 0 Å². The van der Waals surface area contributed by atoms with Gasteiger partial charge in [-0.05, 0) is 43.7 Å². The molecule has 1 aromatic heterocycles. The van der Waals surface area contributed by atoms with E-state index in [2.05, 4.69) is 35.9 Å². The zero-order chi connectivity index (χ0) is 18.0. The van der Waals surface area contributed by atoms with Crippen LogP contribution in [0.15, 0.2) is 30.3 Å². The molecule has 6 heteroatoms. The van der Waals surface area contributed by atoms with Crippen molar-refractivity contribution < 1.29 is 9.53 Å². The molecule has 1 atom stereocenters. The fourth-order valence-corrected chi connectivity index (χ4v) is 3.67. The van der Waals surface area contributed by atoms with Crippen LogP contribution in [0.3, 0.4) is 0 Å². The standard InChI is InChI=1S/C19H24ClN3O2/c1-4-5-16-17-8-6-13(2)22(17)10-11-23(16)19(24)21-15-12-14(20)7-9-18(15)25-3/h6-9,12,16H,4-5,10-11H2,1-3H3,(H,21,24)/t16-/m0/s1. The molecular weight excluding hydrogens is 338 g/mol. The van der Waals surface area contributed by atoms with Gasteiger partial charge in [0.1, 0.15) is 5.75 Å². The summed E-state index contributed by atoms with van der Waals surface area (Å²) >= 11 is 6.07. The molecule has 0 saturated carbocycles. The normalized spacial score (nSPS) is 16.5. The number of benzene rings is 1. The predicted molar refractivity (Wildman–Crippen MR) is 101 cm³/mol. The number of fused-ring (bicyclic) bond motifs is 1. The summed E-state index contributed by atoms with van der Waals surface area (Å²) in [6.45, 7) is 5.75. The lowest BCUT2D eigenvalue weighted by Crippen LogP contribution is -2.44. The largest absolute Gasteiger partial charge is 0.495 e. The van der Waals surface area contributed by atoms with Gasteiger partial charge in [-0.3, -0.25) is 0 Å². The van der Waals surface area contributed by atoms with Crippen molar-refractivity contribution in [2.24, 2.45) is 0 Å². The maximum absolute atomic E-state index is 13.0. The van der Waals surface area contributed by atoms with Gasteiger partial charge in [-0.25, -0.2) is 4.79 Å². The Labute approximate surface area is 153 Å². The highest BCUT2D eigenvalue weighted by molar-refractivity contribution is 6.31. The average molecular weight is 362 g/mol. The first-order chi connectivity index (χ1) is 12.0. The molecule has 0 aliphatic carbocycles. The molecule has 1 aliphatic heterocycles. The number of carbonyl (C=O) groups excluding carboxylic acids is 1. The number of hydrogen-bond acceptors (Lipinski definition) is 2. The van der Waals surface area contributed by atoms with Crippen LogP contribution in [0, 0.1) is 6.92 Å². The van der Waals surface area contributed by atoms with Crippen LogP contribution in [0.1, 0.15) is 37.2 Å². The van der Waals surface area contributed by atoms with Gasteiger partial charge in [0, 0.05) is 29.5 Å². The monoisotopic (exact) mass is 361 g/mol. The summed E-state index contributed by atoms with van der Waals surface area (Å²) in [4.78, 5) is 14.9. The van der Waals surface area contributed by atoms with Crippen LogP contribution in [0.4, 0.5) is 10.5 Å². The van der Waals surface area contributed by atoms with E-state index in [0.717, 1.165) is 19.4 Å². The van der Waals surface area contributed by atoms with Gasteiger partial charge >= 0.3 is 6.03 Å². The molecule has 0 unspecified atom stereocenters. The van der Waals surface area contributed by atoms with E-state index in [-0.39, 0.29) is 12.1 Å². The second-order valence-corrected chi connectivity index (χ2v) is 6.76. The van der Waals surface area contributed by atoms with Crippen LogP contribution in [0.2, 0.25) is 5.02 Å². The van der Waals surface area contributed by atoms with Crippen molar-refractivity contribution >= 4 is 23.3 Å². The summed E-state index contributed by atoms with van der Waals surface area (Å²) in [7, 11) is 1.58. The number of aryl methyl sites for hydroxylation is 1. The second-order valence-electron chi connectivity index (χ2n) is 6.32. The van der Waals surface area contributed by atoms with Crippen molar-refractivity contribution in [1.29, 1.82) is 0 Å². The van der Waals surface area contributed by atoms with Crippen molar-refractivity contribution in [3.63, 3.8) is 0 Å². The molecule has 2 heterocycles. The number of nitrogens with zero attached hydrogens (tertiary/aromatic N) is 2. The quantitative estimate of drug-likeness (QED) is 0.846. The topological polar surface area (TPSA) is 46.5 Å². The molecule has 1 aromatic carbocycles. The molecule has 1 aliphatic rings. The Morgan fingerprint density at radius 2 is 2.12 bits per heavy atom. The molecule has 5 nitrogen and oxygen atoms in total. The van der Waals surface area contributed by atoms with E-state index in [0.29, 0.717) is 23.0 Å². The van der Waals surface area contributed by atoms with Gasteiger partial charge in [-0.1, -0.05) is 24.9 Å². The smallest absolute Gasteiger partial charge is 0.322 e. The average Bonchev–Trinajstić information content (AvgIpc) is 2.97. The Kier molecular flexibility index (Phi) is 5.23. The molecular formula is C19H24ClN3O2. The van der Waals surface area contributed by atoms with Crippen LogP contribution in [-0.2, 0) is 6.54 Å². The van der Waals surface area contributed by atoms with Crippen LogP contribution in [0.5, 0.6) is 5.75 Å². The number of rotatable bonds is 4. The Bertz CT molecular complexity index is 772. The highest BCUT2D eigenvalue weighted by Gasteiger charge is 2.31. The zero-order valence-electron chi connectivity index (χ0n) is 14.9. The van der Waals surface area contributed by atoms with Crippen molar-refractivity contribution in [3.8, 4) is 5.75 Å². The van der Waals surface area contributed by atoms with Gasteiger partial charge in [0.2, 0.25) is 0 Å². The number of hydrogen-bond donors (Lipinski definition) is 1. The number of urea groups is 1.